The summed E-state index contributed by atoms with van der Waals surface area (Å²) in [6, 6.07) is 23.0. The quantitative estimate of drug-likeness (QED) is 0.435. The first kappa shape index (κ1) is 22.8. The maximum atomic E-state index is 11.1. The molecule has 3 aromatic carbocycles. The molecular weight excluding hydrogens is 408 g/mol. The summed E-state index contributed by atoms with van der Waals surface area (Å²) < 4.78 is 0. The van der Waals surface area contributed by atoms with E-state index in [4.69, 9.17) is 5.11 Å². The second-order valence-corrected chi connectivity index (χ2v) is 10.8. The molecule has 170 valence electrons. The van der Waals surface area contributed by atoms with E-state index in [-0.39, 0.29) is 22.1 Å². The molecule has 0 heterocycles. The number of phenolic OH excluding ortho intramolecular Hbond substituents is 1. The lowest BCUT2D eigenvalue weighted by atomic mass is 9.62. The molecule has 0 aromatic heterocycles. The first-order valence-electron chi connectivity index (χ1n) is 11.5. The van der Waals surface area contributed by atoms with Gasteiger partial charge in [-0.2, -0.15) is 0 Å². The molecule has 1 saturated carbocycles. The fraction of sp³-hybridized carbons (Fsp3) is 0.300. The maximum Gasteiger partial charge on any atom is 0.335 e. The number of benzene rings is 3. The highest BCUT2D eigenvalue weighted by Crippen LogP contribution is 2.51. The minimum atomic E-state index is -0.916. The molecule has 0 aliphatic heterocycles. The van der Waals surface area contributed by atoms with Crippen molar-refractivity contribution in [1.29, 1.82) is 0 Å². The summed E-state index contributed by atoms with van der Waals surface area (Å²) in [6.07, 6.45) is 3.29. The largest absolute Gasteiger partial charge is 0.508 e. The third-order valence-corrected chi connectivity index (χ3v) is 6.49. The van der Waals surface area contributed by atoms with Crippen molar-refractivity contribution in [1.82, 2.24) is 0 Å². The van der Waals surface area contributed by atoms with Crippen LogP contribution in [0, 0.1) is 10.8 Å². The molecule has 0 radical (unpaired) electrons. The molecule has 4 rings (SSSR count). The number of allylic oxidation sites excluding steroid dienone is 1. The lowest BCUT2D eigenvalue weighted by Gasteiger charge is -2.43. The summed E-state index contributed by atoms with van der Waals surface area (Å²) in [6.45, 7) is 9.41. The van der Waals surface area contributed by atoms with Gasteiger partial charge >= 0.3 is 5.97 Å². The van der Waals surface area contributed by atoms with E-state index in [0.29, 0.717) is 0 Å². The molecule has 0 spiro atoms. The number of hydrogen-bond donors (Lipinski definition) is 2. The smallest absolute Gasteiger partial charge is 0.335 e. The summed E-state index contributed by atoms with van der Waals surface area (Å²) in [5.41, 5.74) is 7.78. The minimum absolute atomic E-state index is 0.227. The Labute approximate surface area is 196 Å². The van der Waals surface area contributed by atoms with Gasteiger partial charge in [-0.3, -0.25) is 0 Å². The van der Waals surface area contributed by atoms with Crippen LogP contribution < -0.4 is 0 Å². The number of aromatic carboxylic acids is 1. The van der Waals surface area contributed by atoms with Crippen LogP contribution in [0.1, 0.15) is 68.4 Å². The van der Waals surface area contributed by atoms with Gasteiger partial charge in [-0.25, -0.2) is 4.79 Å². The van der Waals surface area contributed by atoms with Crippen molar-refractivity contribution in [3.8, 4) is 16.9 Å². The highest BCUT2D eigenvalue weighted by molar-refractivity contribution is 5.88. The fourth-order valence-corrected chi connectivity index (χ4v) is 5.65. The van der Waals surface area contributed by atoms with E-state index < -0.39 is 5.97 Å². The molecule has 1 aliphatic carbocycles. The molecular formula is C30H32O3. The molecule has 2 N–H and O–H groups in total. The third-order valence-electron chi connectivity index (χ3n) is 6.49. The van der Waals surface area contributed by atoms with Crippen LogP contribution in [-0.4, -0.2) is 16.2 Å². The van der Waals surface area contributed by atoms with E-state index in [2.05, 4.69) is 52.0 Å². The van der Waals surface area contributed by atoms with Gasteiger partial charge in [0, 0.05) is 0 Å². The minimum Gasteiger partial charge on any atom is -0.508 e. The number of hydrogen-bond acceptors (Lipinski definition) is 2. The average molecular weight is 441 g/mol. The number of aromatic hydroxyl groups is 1. The zero-order chi connectivity index (χ0) is 23.8. The molecule has 0 unspecified atom stereocenters. The maximum absolute atomic E-state index is 11.1. The first-order valence-corrected chi connectivity index (χ1v) is 11.5. The van der Waals surface area contributed by atoms with E-state index in [1.54, 1.807) is 24.3 Å². The predicted molar refractivity (Wildman–Crippen MR) is 134 cm³/mol. The van der Waals surface area contributed by atoms with Crippen LogP contribution in [-0.2, 0) is 0 Å². The normalized spacial score (nSPS) is 16.9. The molecule has 0 bridgehead atoms. The van der Waals surface area contributed by atoms with Crippen LogP contribution >= 0.6 is 0 Å². The summed E-state index contributed by atoms with van der Waals surface area (Å²) in [4.78, 5) is 11.1. The first-order chi connectivity index (χ1) is 15.5. The van der Waals surface area contributed by atoms with Gasteiger partial charge in [-0.05, 0) is 82.2 Å². The molecule has 3 heteroatoms. The zero-order valence-corrected chi connectivity index (χ0v) is 19.9. The Morgan fingerprint density at radius 1 is 0.667 bits per heavy atom. The van der Waals surface area contributed by atoms with Crippen LogP contribution in [0.25, 0.3) is 16.7 Å². The Kier molecular flexibility index (Phi) is 5.92. The lowest BCUT2D eigenvalue weighted by Crippen LogP contribution is -2.30. The summed E-state index contributed by atoms with van der Waals surface area (Å²) in [5, 5.41) is 19.0. The van der Waals surface area contributed by atoms with Gasteiger partial charge in [0.05, 0.1) is 5.56 Å². The van der Waals surface area contributed by atoms with Crippen LogP contribution in [0.4, 0.5) is 0 Å². The van der Waals surface area contributed by atoms with Crippen molar-refractivity contribution in [2.75, 3.05) is 0 Å². The monoisotopic (exact) mass is 440 g/mol. The van der Waals surface area contributed by atoms with Crippen LogP contribution in [0.5, 0.6) is 5.75 Å². The zero-order valence-electron chi connectivity index (χ0n) is 19.9. The van der Waals surface area contributed by atoms with Crippen molar-refractivity contribution >= 4 is 11.5 Å². The number of carboxylic acid groups (broad SMARTS) is 1. The van der Waals surface area contributed by atoms with Crippen LogP contribution in [0.15, 0.2) is 78.4 Å². The number of carbonyl (C=O) groups is 1. The lowest BCUT2D eigenvalue weighted by molar-refractivity contribution is 0.0697. The Morgan fingerprint density at radius 3 is 1.48 bits per heavy atom. The van der Waals surface area contributed by atoms with Gasteiger partial charge < -0.3 is 10.2 Å². The van der Waals surface area contributed by atoms with Crippen LogP contribution in [0.3, 0.4) is 0 Å². The molecule has 3 aromatic rings. The second-order valence-electron chi connectivity index (χ2n) is 10.8. The standard InChI is InChI=1S/C30H32O3/c1-29(2)17-25(18-30(3,4)19-29)27(23-13-15-26(31)16-14-23)22-9-5-20(6-10-22)21-7-11-24(12-8-21)28(32)33/h5-16,31H,17-19H2,1-4H3,(H,32,33). The summed E-state index contributed by atoms with van der Waals surface area (Å²) >= 11 is 0. The number of carboxylic acids is 1. The van der Waals surface area contributed by atoms with Crippen LogP contribution in [0.2, 0.25) is 0 Å². The number of phenols is 1. The predicted octanol–water partition coefficient (Wildman–Crippen LogP) is 7.80. The SMILES string of the molecule is CC1(C)CC(=C(c2ccc(O)cc2)c2ccc(-c3ccc(C(=O)O)cc3)cc2)CC(C)(C)C1. The van der Waals surface area contributed by atoms with Gasteiger partial charge in [0.1, 0.15) is 5.75 Å². The molecule has 0 amide bonds. The van der Waals surface area contributed by atoms with Crippen molar-refractivity contribution in [2.45, 2.75) is 47.0 Å². The van der Waals surface area contributed by atoms with Crippen molar-refractivity contribution in [2.24, 2.45) is 10.8 Å². The Balaban J connectivity index is 1.78. The van der Waals surface area contributed by atoms with E-state index in [9.17, 15) is 9.90 Å². The Hall–Kier alpha value is -3.33. The van der Waals surface area contributed by atoms with Crippen molar-refractivity contribution in [3.63, 3.8) is 0 Å². The Morgan fingerprint density at radius 2 is 1.06 bits per heavy atom. The van der Waals surface area contributed by atoms with E-state index >= 15 is 0 Å². The van der Waals surface area contributed by atoms with Crippen molar-refractivity contribution in [3.05, 3.63) is 95.1 Å². The van der Waals surface area contributed by atoms with Gasteiger partial charge in [-0.15, -0.1) is 0 Å². The molecule has 1 fully saturated rings. The van der Waals surface area contributed by atoms with E-state index in [1.807, 2.05) is 24.3 Å². The number of rotatable bonds is 4. The highest BCUT2D eigenvalue weighted by atomic mass is 16.4. The average Bonchev–Trinajstić information content (AvgIpc) is 2.74. The van der Waals surface area contributed by atoms with Gasteiger partial charge in [0.15, 0.2) is 0 Å². The molecule has 33 heavy (non-hydrogen) atoms. The molecule has 1 aliphatic rings. The second kappa shape index (κ2) is 8.55. The molecule has 0 atom stereocenters. The third kappa shape index (κ3) is 5.19. The van der Waals surface area contributed by atoms with Gasteiger partial charge in [0.2, 0.25) is 0 Å². The topological polar surface area (TPSA) is 57.5 Å². The molecule has 0 saturated heterocycles. The summed E-state index contributed by atoms with van der Waals surface area (Å²) in [7, 11) is 0. The van der Waals surface area contributed by atoms with E-state index in [1.165, 1.54) is 17.6 Å². The van der Waals surface area contributed by atoms with E-state index in [0.717, 1.165) is 35.1 Å². The van der Waals surface area contributed by atoms with Gasteiger partial charge in [-0.1, -0.05) is 81.8 Å². The molecule has 3 nitrogen and oxygen atoms in total. The van der Waals surface area contributed by atoms with Gasteiger partial charge in [0.25, 0.3) is 0 Å². The van der Waals surface area contributed by atoms with Crippen molar-refractivity contribution < 1.29 is 15.0 Å². The Bertz CT molecular complexity index is 1160. The fourth-order valence-electron chi connectivity index (χ4n) is 5.65. The highest BCUT2D eigenvalue weighted by Gasteiger charge is 2.37. The summed E-state index contributed by atoms with van der Waals surface area (Å²) in [5.74, 6) is -0.645.